The maximum atomic E-state index is 13.1. The molecule has 0 radical (unpaired) electrons. The summed E-state index contributed by atoms with van der Waals surface area (Å²) in [5.41, 5.74) is 3.30. The van der Waals surface area contributed by atoms with Gasteiger partial charge in [-0.25, -0.2) is 4.98 Å². The molecule has 0 spiro atoms. The number of hydrogen-bond donors (Lipinski definition) is 0. The van der Waals surface area contributed by atoms with Gasteiger partial charge in [-0.1, -0.05) is 23.9 Å². The van der Waals surface area contributed by atoms with Crippen molar-refractivity contribution in [3.63, 3.8) is 0 Å². The van der Waals surface area contributed by atoms with Gasteiger partial charge in [0, 0.05) is 37.2 Å². The van der Waals surface area contributed by atoms with Crippen LogP contribution in [0.15, 0.2) is 40.3 Å². The number of benzene rings is 1. The Morgan fingerprint density at radius 3 is 2.63 bits per heavy atom. The summed E-state index contributed by atoms with van der Waals surface area (Å²) in [4.78, 5) is 30.6. The van der Waals surface area contributed by atoms with E-state index in [0.29, 0.717) is 35.6 Å². The molecular weight excluding hydrogens is 398 g/mol. The number of ether oxygens (including phenoxy) is 1. The Morgan fingerprint density at radius 1 is 1.23 bits per heavy atom. The van der Waals surface area contributed by atoms with Gasteiger partial charge >= 0.3 is 0 Å². The second-order valence-electron chi connectivity index (χ2n) is 7.70. The Balaban J connectivity index is 1.85. The minimum atomic E-state index is -0.0770. The number of ketones is 1. The molecule has 6 nitrogen and oxygen atoms in total. The second kappa shape index (κ2) is 9.62. The maximum Gasteiger partial charge on any atom is 0.262 e. The van der Waals surface area contributed by atoms with Gasteiger partial charge in [0.05, 0.1) is 22.8 Å². The van der Waals surface area contributed by atoms with Crippen LogP contribution in [0.3, 0.4) is 0 Å². The summed E-state index contributed by atoms with van der Waals surface area (Å²) in [6, 6.07) is 9.25. The van der Waals surface area contributed by atoms with E-state index in [1.165, 1.54) is 11.8 Å². The van der Waals surface area contributed by atoms with E-state index in [1.807, 2.05) is 63.6 Å². The molecule has 0 aliphatic heterocycles. The summed E-state index contributed by atoms with van der Waals surface area (Å²) in [6.07, 6.45) is 0.858. The number of nitrogens with zero attached hydrogens (tertiary/aromatic N) is 3. The van der Waals surface area contributed by atoms with E-state index in [-0.39, 0.29) is 23.2 Å². The molecule has 30 heavy (non-hydrogen) atoms. The van der Waals surface area contributed by atoms with E-state index in [9.17, 15) is 9.59 Å². The number of aromatic nitrogens is 3. The van der Waals surface area contributed by atoms with E-state index in [0.717, 1.165) is 17.0 Å². The van der Waals surface area contributed by atoms with Crippen LogP contribution in [0.1, 0.15) is 42.0 Å². The van der Waals surface area contributed by atoms with E-state index >= 15 is 0 Å². The molecule has 7 heteroatoms. The quantitative estimate of drug-likeness (QED) is 0.222. The second-order valence-corrected chi connectivity index (χ2v) is 8.64. The molecule has 0 atom stereocenters. The molecule has 3 rings (SSSR count). The van der Waals surface area contributed by atoms with E-state index < -0.39 is 0 Å². The molecule has 0 aliphatic rings. The molecule has 0 N–H and O–H groups in total. The van der Waals surface area contributed by atoms with Crippen molar-refractivity contribution in [1.82, 2.24) is 14.1 Å². The summed E-state index contributed by atoms with van der Waals surface area (Å²) in [7, 11) is 1.95. The first kappa shape index (κ1) is 22.3. The number of para-hydroxylation sites is 1. The topological polar surface area (TPSA) is 66.1 Å². The van der Waals surface area contributed by atoms with Gasteiger partial charge in [0.25, 0.3) is 5.56 Å². The Labute approximate surface area is 181 Å². The molecule has 0 bridgehead atoms. The van der Waals surface area contributed by atoms with Gasteiger partial charge in [0.15, 0.2) is 10.9 Å². The number of carbonyl (C=O) groups excluding carboxylic acids is 1. The molecular formula is C23H29N3O3S. The van der Waals surface area contributed by atoms with Gasteiger partial charge in [-0.2, -0.15) is 0 Å². The fourth-order valence-corrected chi connectivity index (χ4v) is 4.25. The van der Waals surface area contributed by atoms with Crippen LogP contribution in [0.2, 0.25) is 0 Å². The van der Waals surface area contributed by atoms with Crippen LogP contribution in [-0.4, -0.2) is 38.4 Å². The highest BCUT2D eigenvalue weighted by Gasteiger charge is 2.17. The molecule has 2 aromatic heterocycles. The standard InChI is InChI=1S/C23H29N3O3S/c1-15(2)29-12-8-11-26-22(28)18-9-6-7-10-20(18)24-23(26)30-14-21(27)19-13-16(3)25(5)17(19)4/h6-7,9-10,13,15H,8,11-12,14H2,1-5H3. The molecule has 2 heterocycles. The van der Waals surface area contributed by atoms with E-state index in [4.69, 9.17) is 4.74 Å². The highest BCUT2D eigenvalue weighted by atomic mass is 32.2. The van der Waals surface area contributed by atoms with Crippen molar-refractivity contribution in [2.75, 3.05) is 12.4 Å². The van der Waals surface area contributed by atoms with Crippen molar-refractivity contribution in [3.05, 3.63) is 57.6 Å². The molecule has 0 saturated carbocycles. The third kappa shape index (κ3) is 4.84. The van der Waals surface area contributed by atoms with Crippen LogP contribution in [0.25, 0.3) is 10.9 Å². The zero-order valence-electron chi connectivity index (χ0n) is 18.3. The van der Waals surface area contributed by atoms with Crippen LogP contribution in [0.5, 0.6) is 0 Å². The van der Waals surface area contributed by atoms with Crippen LogP contribution >= 0.6 is 11.8 Å². The minimum Gasteiger partial charge on any atom is -0.379 e. The highest BCUT2D eigenvalue weighted by molar-refractivity contribution is 7.99. The summed E-state index contributed by atoms with van der Waals surface area (Å²) < 4.78 is 9.30. The van der Waals surface area contributed by atoms with Crippen molar-refractivity contribution in [1.29, 1.82) is 0 Å². The molecule has 0 saturated heterocycles. The number of Topliss-reactive ketones (excluding diaryl/α,β-unsaturated/α-hetero) is 1. The van der Waals surface area contributed by atoms with Crippen molar-refractivity contribution in [2.24, 2.45) is 7.05 Å². The molecule has 160 valence electrons. The number of aryl methyl sites for hydroxylation is 1. The summed E-state index contributed by atoms with van der Waals surface area (Å²) >= 11 is 1.32. The highest BCUT2D eigenvalue weighted by Crippen LogP contribution is 2.21. The normalized spacial score (nSPS) is 11.5. The van der Waals surface area contributed by atoms with Crippen LogP contribution < -0.4 is 5.56 Å². The van der Waals surface area contributed by atoms with Gasteiger partial charge in [0.2, 0.25) is 0 Å². The third-order valence-electron chi connectivity index (χ3n) is 5.21. The predicted octanol–water partition coefficient (Wildman–Crippen LogP) is 4.14. The van der Waals surface area contributed by atoms with Crippen LogP contribution in [-0.2, 0) is 18.3 Å². The average Bonchev–Trinajstić information content (AvgIpc) is 2.98. The number of carbonyl (C=O) groups is 1. The Morgan fingerprint density at radius 2 is 1.97 bits per heavy atom. The number of rotatable bonds is 9. The minimum absolute atomic E-state index is 0.0401. The van der Waals surface area contributed by atoms with Gasteiger partial charge in [-0.3, -0.25) is 14.2 Å². The largest absolute Gasteiger partial charge is 0.379 e. The van der Waals surface area contributed by atoms with Crippen LogP contribution in [0, 0.1) is 13.8 Å². The molecule has 0 unspecified atom stereocenters. The van der Waals surface area contributed by atoms with Crippen molar-refractivity contribution in [2.45, 2.75) is 51.9 Å². The molecule has 3 aromatic rings. The van der Waals surface area contributed by atoms with Gasteiger partial charge in [-0.05, 0) is 52.3 Å². The van der Waals surface area contributed by atoms with E-state index in [1.54, 1.807) is 10.6 Å². The summed E-state index contributed by atoms with van der Waals surface area (Å²) in [6.45, 7) is 8.99. The fourth-order valence-electron chi connectivity index (χ4n) is 3.34. The third-order valence-corrected chi connectivity index (χ3v) is 6.19. The molecule has 0 amide bonds. The van der Waals surface area contributed by atoms with Crippen LogP contribution in [0.4, 0.5) is 0 Å². The van der Waals surface area contributed by atoms with E-state index in [2.05, 4.69) is 4.98 Å². The predicted molar refractivity (Wildman–Crippen MR) is 122 cm³/mol. The number of thioether (sulfide) groups is 1. The first-order valence-electron chi connectivity index (χ1n) is 10.2. The smallest absolute Gasteiger partial charge is 0.262 e. The monoisotopic (exact) mass is 427 g/mol. The maximum absolute atomic E-state index is 13.1. The van der Waals surface area contributed by atoms with Gasteiger partial charge < -0.3 is 9.30 Å². The molecule has 0 fully saturated rings. The fraction of sp³-hybridized carbons (Fsp3) is 0.435. The lowest BCUT2D eigenvalue weighted by Gasteiger charge is -2.14. The number of hydrogen-bond acceptors (Lipinski definition) is 5. The van der Waals surface area contributed by atoms with Crippen molar-refractivity contribution in [3.8, 4) is 0 Å². The number of fused-ring (bicyclic) bond motifs is 1. The molecule has 0 aliphatic carbocycles. The average molecular weight is 428 g/mol. The zero-order valence-corrected chi connectivity index (χ0v) is 19.1. The first-order valence-corrected chi connectivity index (χ1v) is 11.2. The lowest BCUT2D eigenvalue weighted by Crippen LogP contribution is -2.24. The summed E-state index contributed by atoms with van der Waals surface area (Å²) in [5, 5.41) is 1.16. The Hall–Kier alpha value is -2.38. The molecule has 1 aromatic carbocycles. The Bertz CT molecular complexity index is 1110. The Kier molecular flexibility index (Phi) is 7.15. The van der Waals surface area contributed by atoms with Gasteiger partial charge in [-0.15, -0.1) is 0 Å². The summed E-state index contributed by atoms with van der Waals surface area (Å²) in [5.74, 6) is 0.274. The van der Waals surface area contributed by atoms with Crippen molar-refractivity contribution >= 4 is 28.4 Å². The van der Waals surface area contributed by atoms with Crippen molar-refractivity contribution < 1.29 is 9.53 Å². The SMILES string of the molecule is Cc1cc(C(=O)CSc2nc3ccccc3c(=O)n2CCCOC(C)C)c(C)n1C. The first-order chi connectivity index (χ1) is 14.3. The lowest BCUT2D eigenvalue weighted by atomic mass is 10.2. The lowest BCUT2D eigenvalue weighted by molar-refractivity contribution is 0.0743. The van der Waals surface area contributed by atoms with Gasteiger partial charge in [0.1, 0.15) is 0 Å². The zero-order chi connectivity index (χ0) is 21.8.